The minimum Gasteiger partial charge on any atom is -0.311 e. The molecular formula is C13H23BrN4. The molecule has 0 spiro atoms. The molecule has 0 saturated carbocycles. The summed E-state index contributed by atoms with van der Waals surface area (Å²) in [5.41, 5.74) is 2.40. The molecule has 2 rings (SSSR count). The first kappa shape index (κ1) is 14.0. The third-order valence-corrected chi connectivity index (χ3v) is 4.69. The number of aryl methyl sites for hydroxylation is 2. The number of halogens is 1. The lowest BCUT2D eigenvalue weighted by Crippen LogP contribution is -2.50. The molecule has 1 fully saturated rings. The zero-order valence-electron chi connectivity index (χ0n) is 11.5. The molecule has 0 aromatic carbocycles. The maximum absolute atomic E-state index is 4.56. The number of rotatable bonds is 4. The van der Waals surface area contributed by atoms with E-state index in [0.29, 0.717) is 6.04 Å². The van der Waals surface area contributed by atoms with Gasteiger partial charge in [0.2, 0.25) is 0 Å². The third-order valence-electron chi connectivity index (χ3n) is 3.66. The maximum atomic E-state index is 4.56. The summed E-state index contributed by atoms with van der Waals surface area (Å²) >= 11 is 3.68. The van der Waals surface area contributed by atoms with Crippen LogP contribution in [0.4, 0.5) is 0 Å². The van der Waals surface area contributed by atoms with Crippen molar-refractivity contribution in [3.8, 4) is 0 Å². The van der Waals surface area contributed by atoms with E-state index in [1.807, 2.05) is 0 Å². The Bertz CT molecular complexity index is 402. The van der Waals surface area contributed by atoms with Gasteiger partial charge in [-0.25, -0.2) is 0 Å². The zero-order valence-corrected chi connectivity index (χ0v) is 13.1. The highest BCUT2D eigenvalue weighted by atomic mass is 79.9. The average molecular weight is 315 g/mol. The molecule has 4 nitrogen and oxygen atoms in total. The van der Waals surface area contributed by atoms with Crippen molar-refractivity contribution in [2.75, 3.05) is 19.6 Å². The summed E-state index contributed by atoms with van der Waals surface area (Å²) in [5, 5.41) is 8.12. The topological polar surface area (TPSA) is 33.1 Å². The van der Waals surface area contributed by atoms with E-state index in [1.165, 1.54) is 16.6 Å². The monoisotopic (exact) mass is 314 g/mol. The molecule has 2 heterocycles. The normalized spacial score (nSPS) is 21.4. The van der Waals surface area contributed by atoms with Gasteiger partial charge in [0.1, 0.15) is 0 Å². The van der Waals surface area contributed by atoms with Crippen molar-refractivity contribution >= 4 is 15.9 Å². The second kappa shape index (κ2) is 6.17. The van der Waals surface area contributed by atoms with Crippen LogP contribution in [0.3, 0.4) is 0 Å². The van der Waals surface area contributed by atoms with Crippen molar-refractivity contribution in [1.82, 2.24) is 20.0 Å². The van der Waals surface area contributed by atoms with Crippen LogP contribution < -0.4 is 5.32 Å². The lowest BCUT2D eigenvalue weighted by atomic mass is 10.1. The number of nitrogens with zero attached hydrogens (tertiary/aromatic N) is 3. The Morgan fingerprint density at radius 1 is 1.44 bits per heavy atom. The fourth-order valence-corrected chi connectivity index (χ4v) is 2.95. The van der Waals surface area contributed by atoms with Crippen LogP contribution in [-0.2, 0) is 13.1 Å². The van der Waals surface area contributed by atoms with Gasteiger partial charge in [-0.1, -0.05) is 6.92 Å². The molecule has 1 aliphatic heterocycles. The van der Waals surface area contributed by atoms with Gasteiger partial charge in [0.15, 0.2) is 0 Å². The summed E-state index contributed by atoms with van der Waals surface area (Å²) in [6.45, 7) is 11.7. The molecule has 0 bridgehead atoms. The summed E-state index contributed by atoms with van der Waals surface area (Å²) in [7, 11) is 0. The lowest BCUT2D eigenvalue weighted by molar-refractivity contribution is 0.185. The van der Waals surface area contributed by atoms with E-state index >= 15 is 0 Å². The minimum atomic E-state index is 0.636. The van der Waals surface area contributed by atoms with Crippen LogP contribution in [0.2, 0.25) is 0 Å². The van der Waals surface area contributed by atoms with Crippen molar-refractivity contribution in [3.05, 3.63) is 15.9 Å². The standard InChI is InChI=1S/C13H23BrN4/c1-4-11-8-17(7-6-15-11)9-12-13(14)10(3)16-18(12)5-2/h11,15H,4-9H2,1-3H3. The number of hydrogen-bond acceptors (Lipinski definition) is 3. The van der Waals surface area contributed by atoms with Crippen molar-refractivity contribution < 1.29 is 0 Å². The third kappa shape index (κ3) is 2.95. The van der Waals surface area contributed by atoms with Gasteiger partial charge in [-0.05, 0) is 36.2 Å². The molecule has 0 amide bonds. The van der Waals surface area contributed by atoms with Gasteiger partial charge < -0.3 is 5.32 Å². The Morgan fingerprint density at radius 2 is 2.22 bits per heavy atom. The Labute approximate surface area is 118 Å². The van der Waals surface area contributed by atoms with Crippen LogP contribution in [0, 0.1) is 6.92 Å². The molecule has 102 valence electrons. The largest absolute Gasteiger partial charge is 0.311 e. The van der Waals surface area contributed by atoms with Gasteiger partial charge in [-0.15, -0.1) is 0 Å². The van der Waals surface area contributed by atoms with Gasteiger partial charge >= 0.3 is 0 Å². The van der Waals surface area contributed by atoms with Crippen LogP contribution in [0.5, 0.6) is 0 Å². The first-order valence-corrected chi connectivity index (χ1v) is 7.62. The average Bonchev–Trinajstić information content (AvgIpc) is 2.67. The van der Waals surface area contributed by atoms with Gasteiger partial charge in [0, 0.05) is 38.8 Å². The molecule has 1 aliphatic rings. The SMILES string of the molecule is CCC1CN(Cc2c(Br)c(C)nn2CC)CCN1. The summed E-state index contributed by atoms with van der Waals surface area (Å²) in [4.78, 5) is 2.53. The van der Waals surface area contributed by atoms with Crippen LogP contribution in [-0.4, -0.2) is 40.4 Å². The van der Waals surface area contributed by atoms with E-state index < -0.39 is 0 Å². The highest BCUT2D eigenvalue weighted by Gasteiger charge is 2.21. The molecule has 1 aromatic heterocycles. The molecule has 18 heavy (non-hydrogen) atoms. The minimum absolute atomic E-state index is 0.636. The van der Waals surface area contributed by atoms with E-state index in [4.69, 9.17) is 0 Å². The molecular weight excluding hydrogens is 292 g/mol. The van der Waals surface area contributed by atoms with Gasteiger partial charge in [-0.3, -0.25) is 9.58 Å². The highest BCUT2D eigenvalue weighted by molar-refractivity contribution is 9.10. The maximum Gasteiger partial charge on any atom is 0.0739 e. The quantitative estimate of drug-likeness (QED) is 0.924. The van der Waals surface area contributed by atoms with Crippen LogP contribution in [0.25, 0.3) is 0 Å². The van der Waals surface area contributed by atoms with Gasteiger partial charge in [-0.2, -0.15) is 5.10 Å². The molecule has 1 N–H and O–H groups in total. The number of nitrogens with one attached hydrogen (secondary N) is 1. The van der Waals surface area contributed by atoms with E-state index in [2.05, 4.69) is 56.7 Å². The molecule has 0 aliphatic carbocycles. The molecule has 1 unspecified atom stereocenters. The summed E-state index contributed by atoms with van der Waals surface area (Å²) in [6, 6.07) is 0.636. The zero-order chi connectivity index (χ0) is 13.1. The molecule has 0 radical (unpaired) electrons. The first-order chi connectivity index (χ1) is 8.65. The number of piperazine rings is 1. The molecule has 1 atom stereocenters. The molecule has 5 heteroatoms. The van der Waals surface area contributed by atoms with E-state index in [9.17, 15) is 0 Å². The molecule has 1 saturated heterocycles. The van der Waals surface area contributed by atoms with Crippen molar-refractivity contribution in [2.24, 2.45) is 0 Å². The lowest BCUT2D eigenvalue weighted by Gasteiger charge is -2.33. The van der Waals surface area contributed by atoms with Crippen LogP contribution >= 0.6 is 15.9 Å². The number of hydrogen-bond donors (Lipinski definition) is 1. The Morgan fingerprint density at radius 3 is 2.89 bits per heavy atom. The van der Waals surface area contributed by atoms with Gasteiger partial charge in [0.05, 0.1) is 15.9 Å². The predicted octanol–water partition coefficient (Wildman–Crippen LogP) is 2.16. The molecule has 1 aromatic rings. The van der Waals surface area contributed by atoms with Crippen molar-refractivity contribution in [3.63, 3.8) is 0 Å². The second-order valence-electron chi connectivity index (χ2n) is 4.96. The first-order valence-electron chi connectivity index (χ1n) is 6.83. The number of aromatic nitrogens is 2. The van der Waals surface area contributed by atoms with Crippen molar-refractivity contribution in [2.45, 2.75) is 46.3 Å². The Kier molecular flexibility index (Phi) is 4.81. The van der Waals surface area contributed by atoms with Gasteiger partial charge in [0.25, 0.3) is 0 Å². The summed E-state index contributed by atoms with van der Waals surface area (Å²) in [6.07, 6.45) is 1.20. The predicted molar refractivity (Wildman–Crippen MR) is 77.7 cm³/mol. The fraction of sp³-hybridized carbons (Fsp3) is 0.769. The fourth-order valence-electron chi connectivity index (χ4n) is 2.54. The van der Waals surface area contributed by atoms with E-state index in [-0.39, 0.29) is 0 Å². The van der Waals surface area contributed by atoms with Crippen LogP contribution in [0.15, 0.2) is 4.47 Å². The summed E-state index contributed by atoms with van der Waals surface area (Å²) in [5.74, 6) is 0. The Balaban J connectivity index is 2.08. The Hall–Kier alpha value is -0.390. The highest BCUT2D eigenvalue weighted by Crippen LogP contribution is 2.23. The smallest absolute Gasteiger partial charge is 0.0739 e. The van der Waals surface area contributed by atoms with E-state index in [0.717, 1.165) is 38.4 Å². The second-order valence-corrected chi connectivity index (χ2v) is 5.75. The van der Waals surface area contributed by atoms with Crippen molar-refractivity contribution in [1.29, 1.82) is 0 Å². The van der Waals surface area contributed by atoms with Crippen LogP contribution in [0.1, 0.15) is 31.7 Å². The summed E-state index contributed by atoms with van der Waals surface area (Å²) < 4.78 is 3.29. The van der Waals surface area contributed by atoms with E-state index in [1.54, 1.807) is 0 Å².